The number of amides is 2. The van der Waals surface area contributed by atoms with Gasteiger partial charge in [0.15, 0.2) is 0 Å². The summed E-state index contributed by atoms with van der Waals surface area (Å²) in [4.78, 5) is 24.5. The van der Waals surface area contributed by atoms with Gasteiger partial charge >= 0.3 is 12.0 Å². The molecular formula is C16H22N2O3. The summed E-state index contributed by atoms with van der Waals surface area (Å²) >= 11 is 0. The van der Waals surface area contributed by atoms with E-state index in [2.05, 4.69) is 11.9 Å². The van der Waals surface area contributed by atoms with Crippen molar-refractivity contribution in [3.63, 3.8) is 0 Å². The van der Waals surface area contributed by atoms with Gasteiger partial charge in [0.2, 0.25) is 0 Å². The zero-order chi connectivity index (χ0) is 15.8. The van der Waals surface area contributed by atoms with E-state index in [9.17, 15) is 9.59 Å². The molecule has 1 aromatic carbocycles. The summed E-state index contributed by atoms with van der Waals surface area (Å²) in [6, 6.07) is 7.07. The molecule has 5 nitrogen and oxygen atoms in total. The molecule has 2 amide bonds. The Morgan fingerprint density at radius 2 is 2.00 bits per heavy atom. The van der Waals surface area contributed by atoms with Gasteiger partial charge in [0.25, 0.3) is 0 Å². The molecule has 0 heterocycles. The topological polar surface area (TPSA) is 69.6 Å². The molecule has 0 spiro atoms. The molecule has 0 saturated heterocycles. The van der Waals surface area contributed by atoms with E-state index >= 15 is 0 Å². The highest BCUT2D eigenvalue weighted by molar-refractivity contribution is 5.92. The minimum atomic E-state index is -0.931. The maximum absolute atomic E-state index is 12.3. The standard InChI is InChI=1S/C16H22N2O3/c1-4-5-13(3)17-16(21)18(11-10-15(19)20)14-8-6-12(2)7-9-14/h4,6-9,13H,1,5,10-11H2,2-3H3,(H,17,21)(H,19,20). The molecule has 5 heteroatoms. The maximum atomic E-state index is 12.3. The van der Waals surface area contributed by atoms with Crippen LogP contribution in [0.2, 0.25) is 0 Å². The Hall–Kier alpha value is -2.30. The van der Waals surface area contributed by atoms with Gasteiger partial charge in [-0.25, -0.2) is 4.79 Å². The van der Waals surface area contributed by atoms with Gasteiger partial charge in [-0.15, -0.1) is 6.58 Å². The number of hydrogen-bond donors (Lipinski definition) is 2. The van der Waals surface area contributed by atoms with Gasteiger partial charge in [-0.3, -0.25) is 9.69 Å². The molecule has 0 aliphatic rings. The number of carboxylic acids is 1. The van der Waals surface area contributed by atoms with Crippen molar-refractivity contribution in [2.24, 2.45) is 0 Å². The highest BCUT2D eigenvalue weighted by atomic mass is 16.4. The number of urea groups is 1. The number of hydrogen-bond acceptors (Lipinski definition) is 2. The van der Waals surface area contributed by atoms with Crippen LogP contribution in [0, 0.1) is 6.92 Å². The fourth-order valence-electron chi connectivity index (χ4n) is 1.88. The molecule has 0 saturated carbocycles. The van der Waals surface area contributed by atoms with Crippen molar-refractivity contribution in [2.75, 3.05) is 11.4 Å². The molecule has 114 valence electrons. The zero-order valence-corrected chi connectivity index (χ0v) is 12.5. The van der Waals surface area contributed by atoms with Crippen LogP contribution in [0.1, 0.15) is 25.3 Å². The number of anilines is 1. The Bertz CT molecular complexity index is 497. The number of carbonyl (C=O) groups excluding carboxylic acids is 1. The summed E-state index contributed by atoms with van der Waals surface area (Å²) in [6.07, 6.45) is 2.29. The maximum Gasteiger partial charge on any atom is 0.322 e. The third-order valence-electron chi connectivity index (χ3n) is 3.03. The monoisotopic (exact) mass is 290 g/mol. The molecule has 0 aliphatic carbocycles. The molecule has 2 N–H and O–H groups in total. The van der Waals surface area contributed by atoms with Gasteiger partial charge in [-0.1, -0.05) is 23.8 Å². The van der Waals surface area contributed by atoms with E-state index < -0.39 is 5.97 Å². The van der Waals surface area contributed by atoms with Gasteiger partial charge in [-0.2, -0.15) is 0 Å². The Morgan fingerprint density at radius 3 is 2.52 bits per heavy atom. The summed E-state index contributed by atoms with van der Waals surface area (Å²) in [5, 5.41) is 11.7. The lowest BCUT2D eigenvalue weighted by Gasteiger charge is -2.24. The molecule has 0 aliphatic heterocycles. The molecule has 1 rings (SSSR count). The van der Waals surface area contributed by atoms with Gasteiger partial charge in [0.1, 0.15) is 0 Å². The van der Waals surface area contributed by atoms with Gasteiger partial charge < -0.3 is 10.4 Å². The first kappa shape index (κ1) is 16.8. The van der Waals surface area contributed by atoms with Gasteiger partial charge in [0, 0.05) is 18.3 Å². The molecule has 1 unspecified atom stereocenters. The van der Waals surface area contributed by atoms with Crippen LogP contribution >= 0.6 is 0 Å². The van der Waals surface area contributed by atoms with Crippen LogP contribution in [0.3, 0.4) is 0 Å². The van der Waals surface area contributed by atoms with Crippen molar-refractivity contribution < 1.29 is 14.7 Å². The Labute approximate surface area is 125 Å². The first-order valence-electron chi connectivity index (χ1n) is 6.91. The number of carbonyl (C=O) groups is 2. The molecule has 0 radical (unpaired) electrons. The van der Waals surface area contributed by atoms with E-state index in [0.717, 1.165) is 5.56 Å². The summed E-state index contributed by atoms with van der Waals surface area (Å²) in [5.74, 6) is -0.931. The van der Waals surface area contributed by atoms with Crippen LogP contribution in [-0.4, -0.2) is 29.7 Å². The van der Waals surface area contributed by atoms with Gasteiger partial charge in [-0.05, 0) is 32.4 Å². The minimum absolute atomic E-state index is 0.0484. The van der Waals surface area contributed by atoms with Crippen LogP contribution < -0.4 is 10.2 Å². The fourth-order valence-corrected chi connectivity index (χ4v) is 1.88. The van der Waals surface area contributed by atoms with Crippen LogP contribution in [0.4, 0.5) is 10.5 Å². The third-order valence-corrected chi connectivity index (χ3v) is 3.03. The number of aryl methyl sites for hydroxylation is 1. The number of nitrogens with zero attached hydrogens (tertiary/aromatic N) is 1. The van der Waals surface area contributed by atoms with Crippen LogP contribution in [-0.2, 0) is 4.79 Å². The molecule has 1 atom stereocenters. The average Bonchev–Trinajstić information content (AvgIpc) is 2.40. The van der Waals surface area contributed by atoms with E-state index in [0.29, 0.717) is 12.1 Å². The molecule has 0 fully saturated rings. The van der Waals surface area contributed by atoms with E-state index in [4.69, 9.17) is 5.11 Å². The van der Waals surface area contributed by atoms with Crippen molar-refractivity contribution in [2.45, 2.75) is 32.7 Å². The summed E-state index contributed by atoms with van der Waals surface area (Å²) in [5.41, 5.74) is 1.77. The van der Waals surface area contributed by atoms with Crippen LogP contribution in [0.15, 0.2) is 36.9 Å². The van der Waals surface area contributed by atoms with Crippen molar-refractivity contribution in [1.82, 2.24) is 5.32 Å². The smallest absolute Gasteiger partial charge is 0.322 e. The number of rotatable bonds is 7. The summed E-state index contributed by atoms with van der Waals surface area (Å²) in [7, 11) is 0. The Morgan fingerprint density at radius 1 is 1.38 bits per heavy atom. The molecular weight excluding hydrogens is 268 g/mol. The minimum Gasteiger partial charge on any atom is -0.481 e. The predicted molar refractivity (Wildman–Crippen MR) is 83.6 cm³/mol. The Kier molecular flexibility index (Phi) is 6.46. The molecule has 0 bridgehead atoms. The summed E-state index contributed by atoms with van der Waals surface area (Å²) in [6.45, 7) is 7.60. The van der Waals surface area contributed by atoms with E-state index in [1.165, 1.54) is 4.90 Å². The molecule has 1 aromatic rings. The van der Waals surface area contributed by atoms with E-state index in [1.54, 1.807) is 6.08 Å². The van der Waals surface area contributed by atoms with Gasteiger partial charge in [0.05, 0.1) is 6.42 Å². The third kappa shape index (κ3) is 5.69. The van der Waals surface area contributed by atoms with Crippen LogP contribution in [0.5, 0.6) is 0 Å². The van der Waals surface area contributed by atoms with Crippen molar-refractivity contribution in [3.8, 4) is 0 Å². The van der Waals surface area contributed by atoms with Crippen molar-refractivity contribution in [3.05, 3.63) is 42.5 Å². The molecule has 21 heavy (non-hydrogen) atoms. The highest BCUT2D eigenvalue weighted by Crippen LogP contribution is 2.16. The lowest BCUT2D eigenvalue weighted by atomic mass is 10.2. The zero-order valence-electron chi connectivity index (χ0n) is 12.5. The second-order valence-electron chi connectivity index (χ2n) is 5.01. The number of benzene rings is 1. The lowest BCUT2D eigenvalue weighted by Crippen LogP contribution is -2.44. The van der Waals surface area contributed by atoms with Crippen LogP contribution in [0.25, 0.3) is 0 Å². The predicted octanol–water partition coefficient (Wildman–Crippen LogP) is 2.95. The molecule has 0 aromatic heterocycles. The average molecular weight is 290 g/mol. The highest BCUT2D eigenvalue weighted by Gasteiger charge is 2.18. The van der Waals surface area contributed by atoms with Crippen molar-refractivity contribution >= 4 is 17.7 Å². The lowest BCUT2D eigenvalue weighted by molar-refractivity contribution is -0.136. The quantitative estimate of drug-likeness (QED) is 0.758. The van der Waals surface area contributed by atoms with E-state index in [1.807, 2.05) is 38.1 Å². The second kappa shape index (κ2) is 8.09. The summed E-state index contributed by atoms with van der Waals surface area (Å²) < 4.78 is 0. The number of carboxylic acid groups (broad SMARTS) is 1. The first-order valence-corrected chi connectivity index (χ1v) is 6.91. The number of aliphatic carboxylic acids is 1. The first-order chi connectivity index (χ1) is 9.93. The largest absolute Gasteiger partial charge is 0.481 e. The van der Waals surface area contributed by atoms with E-state index in [-0.39, 0.29) is 25.0 Å². The fraction of sp³-hybridized carbons (Fsp3) is 0.375. The number of nitrogens with one attached hydrogen (secondary N) is 1. The SMILES string of the molecule is C=CCC(C)NC(=O)N(CCC(=O)O)c1ccc(C)cc1. The Balaban J connectivity index is 2.85. The second-order valence-corrected chi connectivity index (χ2v) is 5.01. The van der Waals surface area contributed by atoms with Crippen molar-refractivity contribution in [1.29, 1.82) is 0 Å². The normalized spacial score (nSPS) is 11.5.